The molecule has 0 aliphatic carbocycles. The summed E-state index contributed by atoms with van der Waals surface area (Å²) < 4.78 is 47.9. The molecule has 2 N–H and O–H groups in total. The van der Waals surface area contributed by atoms with Crippen molar-refractivity contribution >= 4 is 27.0 Å². The molecule has 0 radical (unpaired) electrons. The van der Waals surface area contributed by atoms with Gasteiger partial charge in [0.2, 0.25) is 6.19 Å². The Morgan fingerprint density at radius 1 is 1.25 bits per heavy atom. The van der Waals surface area contributed by atoms with Crippen LogP contribution in [0.1, 0.15) is 5.56 Å². The minimum absolute atomic E-state index is 0.00397. The van der Waals surface area contributed by atoms with E-state index in [4.69, 9.17) is 27.3 Å². The minimum atomic E-state index is -3.12. The first-order valence-electron chi connectivity index (χ1n) is 6.43. The van der Waals surface area contributed by atoms with Gasteiger partial charge in [0.15, 0.2) is 0 Å². The number of halogens is 3. The van der Waals surface area contributed by atoms with Crippen LogP contribution >= 0.6 is 11.6 Å². The minimum Gasteiger partial charge on any atom is -0.456 e. The van der Waals surface area contributed by atoms with Gasteiger partial charge in [0.1, 0.15) is 32.9 Å². The lowest BCUT2D eigenvalue weighted by Gasteiger charge is -2.12. The van der Waals surface area contributed by atoms with Crippen LogP contribution in [0.4, 0.5) is 8.78 Å². The van der Waals surface area contributed by atoms with E-state index in [1.807, 2.05) is 0 Å². The molecule has 24 heavy (non-hydrogen) atoms. The Morgan fingerprint density at radius 3 is 2.54 bits per heavy atom. The highest BCUT2D eigenvalue weighted by atomic mass is 35.5. The van der Waals surface area contributed by atoms with E-state index in [-0.39, 0.29) is 32.7 Å². The zero-order chi connectivity index (χ0) is 17.5. The monoisotopic (exact) mass is 367 g/mol. The molecule has 1 unspecified atom stereocenters. The van der Waals surface area contributed by atoms with Crippen LogP contribution in [0.25, 0.3) is 5.70 Å². The van der Waals surface area contributed by atoms with Gasteiger partial charge in [-0.1, -0.05) is 11.6 Å². The Bertz CT molecular complexity index is 1030. The van der Waals surface area contributed by atoms with Gasteiger partial charge in [-0.3, -0.25) is 0 Å². The molecule has 0 bridgehead atoms. The van der Waals surface area contributed by atoms with E-state index in [2.05, 4.69) is 4.36 Å². The second kappa shape index (κ2) is 5.78. The topological polar surface area (TPSA) is 88.5 Å². The number of hydrogen-bond donors (Lipinski definition) is 1. The van der Waals surface area contributed by atoms with Crippen molar-refractivity contribution in [3.05, 3.63) is 58.0 Å². The summed E-state index contributed by atoms with van der Waals surface area (Å²) in [6, 6.07) is 5.44. The van der Waals surface area contributed by atoms with Crippen molar-refractivity contribution in [2.45, 2.75) is 4.90 Å². The number of rotatable bonds is 2. The van der Waals surface area contributed by atoms with Crippen molar-refractivity contribution in [2.24, 2.45) is 10.1 Å². The van der Waals surface area contributed by atoms with E-state index >= 15 is 0 Å². The molecule has 1 heterocycles. The normalized spacial score (nSPS) is 18.5. The van der Waals surface area contributed by atoms with Crippen LogP contribution in [0.3, 0.4) is 0 Å². The van der Waals surface area contributed by atoms with Crippen LogP contribution in [-0.4, -0.2) is 4.21 Å². The maximum Gasteiger partial charge on any atom is 0.215 e. The average molecular weight is 368 g/mol. The molecule has 9 heteroatoms. The number of ether oxygens (including phenoxy) is 1. The van der Waals surface area contributed by atoms with Gasteiger partial charge >= 0.3 is 0 Å². The molecule has 2 aromatic carbocycles. The Balaban J connectivity index is 2.11. The van der Waals surface area contributed by atoms with Crippen LogP contribution in [0, 0.1) is 23.1 Å². The smallest absolute Gasteiger partial charge is 0.215 e. The fourth-order valence-corrected chi connectivity index (χ4v) is 4.28. The second-order valence-electron chi connectivity index (χ2n) is 4.79. The zero-order valence-corrected chi connectivity index (χ0v) is 13.4. The van der Waals surface area contributed by atoms with Crippen LogP contribution < -0.4 is 10.5 Å². The van der Waals surface area contributed by atoms with Crippen molar-refractivity contribution < 1.29 is 17.7 Å². The fraction of sp³-hybridized carbons (Fsp3) is 0. The first-order chi connectivity index (χ1) is 11.3. The number of nitrogens with zero attached hydrogens (tertiary/aromatic N) is 2. The molecule has 0 amide bonds. The Morgan fingerprint density at radius 2 is 1.92 bits per heavy atom. The SMILES string of the molecule is N#CN=S1(=O)C=C(N)c2c1ccc(Oc1cc(F)cc(F)c1)c2Cl. The highest BCUT2D eigenvalue weighted by Crippen LogP contribution is 2.42. The first-order valence-corrected chi connectivity index (χ1v) is 8.39. The largest absolute Gasteiger partial charge is 0.456 e. The quantitative estimate of drug-likeness (QED) is 0.813. The summed E-state index contributed by atoms with van der Waals surface area (Å²) in [4.78, 5) is 0.185. The van der Waals surface area contributed by atoms with Gasteiger partial charge in [0, 0.05) is 29.2 Å². The molecule has 5 nitrogen and oxygen atoms in total. The molecule has 2 aromatic rings. The molecule has 3 rings (SSSR count). The lowest BCUT2D eigenvalue weighted by Crippen LogP contribution is -1.98. The Hall–Kier alpha value is -2.63. The van der Waals surface area contributed by atoms with Gasteiger partial charge in [0.05, 0.1) is 15.6 Å². The Labute approximate surface area is 141 Å². The maximum absolute atomic E-state index is 13.2. The maximum atomic E-state index is 13.2. The molecule has 1 atom stereocenters. The van der Waals surface area contributed by atoms with Crippen molar-refractivity contribution in [1.82, 2.24) is 0 Å². The van der Waals surface area contributed by atoms with Gasteiger partial charge in [0.25, 0.3) is 0 Å². The first kappa shape index (κ1) is 16.2. The molecule has 1 aliphatic heterocycles. The average Bonchev–Trinajstić information content (AvgIpc) is 2.73. The van der Waals surface area contributed by atoms with E-state index in [1.165, 1.54) is 18.3 Å². The third-order valence-electron chi connectivity index (χ3n) is 3.20. The summed E-state index contributed by atoms with van der Waals surface area (Å²) in [6.45, 7) is 0. The van der Waals surface area contributed by atoms with Gasteiger partial charge in [-0.2, -0.15) is 5.26 Å². The van der Waals surface area contributed by atoms with Crippen LogP contribution in [0.15, 0.2) is 45.0 Å². The molecular formula is C15H8ClF2N3O2S. The highest BCUT2D eigenvalue weighted by molar-refractivity contribution is 7.97. The summed E-state index contributed by atoms with van der Waals surface area (Å²) in [5, 5.41) is 9.83. The van der Waals surface area contributed by atoms with E-state index in [9.17, 15) is 13.0 Å². The zero-order valence-electron chi connectivity index (χ0n) is 11.8. The summed E-state index contributed by atoms with van der Waals surface area (Å²) in [5.74, 6) is -1.65. The van der Waals surface area contributed by atoms with Gasteiger partial charge in [-0.05, 0) is 12.1 Å². The molecular weight excluding hydrogens is 360 g/mol. The van der Waals surface area contributed by atoms with Crippen LogP contribution in [0.2, 0.25) is 5.02 Å². The lowest BCUT2D eigenvalue weighted by atomic mass is 10.1. The van der Waals surface area contributed by atoms with E-state index in [1.54, 1.807) is 0 Å². The molecule has 1 aliphatic rings. The van der Waals surface area contributed by atoms with E-state index in [0.29, 0.717) is 6.07 Å². The van der Waals surface area contributed by atoms with E-state index < -0.39 is 21.4 Å². The molecule has 0 fully saturated rings. The van der Waals surface area contributed by atoms with E-state index in [0.717, 1.165) is 17.5 Å². The van der Waals surface area contributed by atoms with Crippen molar-refractivity contribution in [1.29, 1.82) is 5.26 Å². The molecule has 0 saturated heterocycles. The van der Waals surface area contributed by atoms with Gasteiger partial charge in [-0.15, -0.1) is 4.36 Å². The summed E-state index contributed by atoms with van der Waals surface area (Å²) in [5.41, 5.74) is 6.11. The summed E-state index contributed by atoms with van der Waals surface area (Å²) in [7, 11) is -3.12. The predicted octanol–water partition coefficient (Wildman–Crippen LogP) is 3.99. The summed E-state index contributed by atoms with van der Waals surface area (Å²) >= 11 is 6.22. The number of nitrogens with two attached hydrogens (primary N) is 1. The Kier molecular flexibility index (Phi) is 3.91. The number of nitriles is 1. The molecule has 122 valence electrons. The number of fused-ring (bicyclic) bond motifs is 1. The molecule has 0 aromatic heterocycles. The highest BCUT2D eigenvalue weighted by Gasteiger charge is 2.28. The van der Waals surface area contributed by atoms with Crippen molar-refractivity contribution in [3.8, 4) is 17.7 Å². The van der Waals surface area contributed by atoms with Crippen LogP contribution in [-0.2, 0) is 9.73 Å². The second-order valence-corrected chi connectivity index (χ2v) is 7.16. The number of hydrogen-bond acceptors (Lipinski definition) is 5. The van der Waals surface area contributed by atoms with Gasteiger partial charge < -0.3 is 10.5 Å². The van der Waals surface area contributed by atoms with Crippen LogP contribution in [0.5, 0.6) is 11.5 Å². The summed E-state index contributed by atoms with van der Waals surface area (Å²) in [6.07, 6.45) is 1.49. The predicted molar refractivity (Wildman–Crippen MR) is 84.5 cm³/mol. The molecule has 0 saturated carbocycles. The third-order valence-corrected chi connectivity index (χ3v) is 5.47. The third kappa shape index (κ3) is 2.68. The fourth-order valence-electron chi connectivity index (χ4n) is 2.28. The van der Waals surface area contributed by atoms with Crippen molar-refractivity contribution in [2.75, 3.05) is 0 Å². The van der Waals surface area contributed by atoms with Gasteiger partial charge in [-0.25, -0.2) is 13.0 Å². The lowest BCUT2D eigenvalue weighted by molar-refractivity contribution is 0.468. The van der Waals surface area contributed by atoms with Crippen molar-refractivity contribution in [3.63, 3.8) is 0 Å². The number of benzene rings is 2. The molecule has 0 spiro atoms. The standard InChI is InChI=1S/C15H8ClF2N3O2S/c16-15-12(23-10-4-8(17)3-9(18)5-10)1-2-13-14(15)11(20)6-24(13,22)21-7-19/h1-6H,20H2.